The molecule has 1 aromatic rings. The number of nitrogens with one attached hydrogen (secondary N) is 1. The number of nitrogens with zero attached hydrogens (tertiary/aromatic N) is 5. The van der Waals surface area contributed by atoms with E-state index in [1.165, 1.54) is 0 Å². The highest BCUT2D eigenvalue weighted by molar-refractivity contribution is 5.73. The first-order valence-corrected chi connectivity index (χ1v) is 6.70. The number of urea groups is 1. The van der Waals surface area contributed by atoms with Crippen LogP contribution in [0.4, 0.5) is 4.79 Å². The molecule has 2 rings (SSSR count). The lowest BCUT2D eigenvalue weighted by molar-refractivity contribution is 0.152. The number of rotatable bonds is 4. The predicted octanol–water partition coefficient (Wildman–Crippen LogP) is 0.0137. The monoisotopic (exact) mass is 266 g/mol. The fourth-order valence-electron chi connectivity index (χ4n) is 2.29. The fraction of sp³-hybridized carbons (Fsp3) is 0.750. The number of piperidine rings is 1. The van der Waals surface area contributed by atoms with E-state index in [2.05, 4.69) is 15.6 Å². The summed E-state index contributed by atoms with van der Waals surface area (Å²) < 4.78 is 1.82. The Kier molecular flexibility index (Phi) is 4.73. The molecule has 2 heterocycles. The molecule has 19 heavy (non-hydrogen) atoms. The van der Waals surface area contributed by atoms with Crippen molar-refractivity contribution in [1.82, 2.24) is 30.1 Å². The molecule has 0 saturated carbocycles. The second-order valence-electron chi connectivity index (χ2n) is 5.06. The van der Waals surface area contributed by atoms with Gasteiger partial charge in [0.25, 0.3) is 0 Å². The molecule has 0 aromatic carbocycles. The van der Waals surface area contributed by atoms with E-state index < -0.39 is 0 Å². The number of aromatic nitrogens is 3. The number of likely N-dealkylation sites (tertiary alicyclic amines) is 1. The molecule has 1 N–H and O–H groups in total. The second kappa shape index (κ2) is 6.51. The molecule has 1 aromatic heterocycles. The summed E-state index contributed by atoms with van der Waals surface area (Å²) in [7, 11) is 3.59. The summed E-state index contributed by atoms with van der Waals surface area (Å²) in [5, 5.41) is 11.2. The third kappa shape index (κ3) is 3.92. The van der Waals surface area contributed by atoms with Gasteiger partial charge in [-0.05, 0) is 12.8 Å². The Morgan fingerprint density at radius 3 is 2.74 bits per heavy atom. The number of hydrogen-bond acceptors (Lipinski definition) is 4. The van der Waals surface area contributed by atoms with Crippen molar-refractivity contribution in [3.05, 3.63) is 12.4 Å². The van der Waals surface area contributed by atoms with Crippen LogP contribution in [-0.2, 0) is 6.54 Å². The van der Waals surface area contributed by atoms with Gasteiger partial charge in [-0.2, -0.15) is 0 Å². The van der Waals surface area contributed by atoms with Crippen LogP contribution in [0, 0.1) is 0 Å². The standard InChI is InChI=1S/C12H22N6O/c1-16(2)12(19)17-7-3-11(4-8-17)13-5-9-18-10-6-14-15-18/h6,10-11,13H,3-5,7-9H2,1-2H3. The Balaban J connectivity index is 1.65. The lowest BCUT2D eigenvalue weighted by Gasteiger charge is -2.34. The van der Waals surface area contributed by atoms with Crippen LogP contribution in [0.5, 0.6) is 0 Å². The molecule has 0 spiro atoms. The molecule has 7 nitrogen and oxygen atoms in total. The van der Waals surface area contributed by atoms with Crippen molar-refractivity contribution in [2.24, 2.45) is 0 Å². The molecular weight excluding hydrogens is 244 g/mol. The summed E-state index contributed by atoms with van der Waals surface area (Å²) in [6, 6.07) is 0.607. The van der Waals surface area contributed by atoms with E-state index in [4.69, 9.17) is 0 Å². The smallest absolute Gasteiger partial charge is 0.319 e. The molecular formula is C12H22N6O. The van der Waals surface area contributed by atoms with Crippen molar-refractivity contribution in [2.75, 3.05) is 33.7 Å². The maximum absolute atomic E-state index is 11.8. The molecule has 1 aliphatic rings. The van der Waals surface area contributed by atoms with Crippen LogP contribution in [0.15, 0.2) is 12.4 Å². The summed E-state index contributed by atoms with van der Waals surface area (Å²) in [5.74, 6) is 0. The lowest BCUT2D eigenvalue weighted by Crippen LogP contribution is -2.48. The summed E-state index contributed by atoms with van der Waals surface area (Å²) in [5.41, 5.74) is 0. The second-order valence-corrected chi connectivity index (χ2v) is 5.06. The molecule has 0 radical (unpaired) electrons. The molecule has 0 bridgehead atoms. The zero-order chi connectivity index (χ0) is 13.7. The van der Waals surface area contributed by atoms with Gasteiger partial charge in [-0.1, -0.05) is 5.21 Å². The fourth-order valence-corrected chi connectivity index (χ4v) is 2.29. The van der Waals surface area contributed by atoms with E-state index in [0.29, 0.717) is 6.04 Å². The van der Waals surface area contributed by atoms with Gasteiger partial charge in [-0.3, -0.25) is 4.68 Å². The van der Waals surface area contributed by atoms with E-state index in [-0.39, 0.29) is 6.03 Å². The summed E-state index contributed by atoms with van der Waals surface area (Å²) in [6.45, 7) is 3.38. The number of carbonyl (C=O) groups excluding carboxylic acids is 1. The van der Waals surface area contributed by atoms with Gasteiger partial charge in [0.15, 0.2) is 0 Å². The highest BCUT2D eigenvalue weighted by Gasteiger charge is 2.23. The largest absolute Gasteiger partial charge is 0.331 e. The van der Waals surface area contributed by atoms with Gasteiger partial charge >= 0.3 is 6.03 Å². The quantitative estimate of drug-likeness (QED) is 0.834. The van der Waals surface area contributed by atoms with Crippen LogP contribution in [0.1, 0.15) is 12.8 Å². The van der Waals surface area contributed by atoms with Crippen LogP contribution in [-0.4, -0.2) is 70.6 Å². The molecule has 7 heteroatoms. The Morgan fingerprint density at radius 2 is 2.16 bits per heavy atom. The minimum Gasteiger partial charge on any atom is -0.331 e. The van der Waals surface area contributed by atoms with Crippen molar-refractivity contribution in [2.45, 2.75) is 25.4 Å². The number of carbonyl (C=O) groups is 1. The Bertz CT molecular complexity index is 383. The van der Waals surface area contributed by atoms with Crippen LogP contribution < -0.4 is 5.32 Å². The van der Waals surface area contributed by atoms with E-state index in [9.17, 15) is 4.79 Å². The zero-order valence-electron chi connectivity index (χ0n) is 11.6. The highest BCUT2D eigenvalue weighted by atomic mass is 16.2. The molecule has 1 saturated heterocycles. The first kappa shape index (κ1) is 13.8. The van der Waals surface area contributed by atoms with Gasteiger partial charge in [0.2, 0.25) is 0 Å². The molecule has 0 aliphatic carbocycles. The summed E-state index contributed by atoms with van der Waals surface area (Å²) in [6.07, 6.45) is 5.57. The average Bonchev–Trinajstić information content (AvgIpc) is 2.92. The summed E-state index contributed by atoms with van der Waals surface area (Å²) in [4.78, 5) is 15.3. The number of amides is 2. The van der Waals surface area contributed by atoms with E-state index in [1.807, 2.05) is 15.8 Å². The Hall–Kier alpha value is -1.63. The van der Waals surface area contributed by atoms with Crippen molar-refractivity contribution in [3.63, 3.8) is 0 Å². The lowest BCUT2D eigenvalue weighted by atomic mass is 10.1. The maximum atomic E-state index is 11.8. The minimum atomic E-state index is 0.112. The average molecular weight is 266 g/mol. The van der Waals surface area contributed by atoms with Crippen LogP contribution in [0.2, 0.25) is 0 Å². The predicted molar refractivity (Wildman–Crippen MR) is 71.7 cm³/mol. The van der Waals surface area contributed by atoms with E-state index in [1.54, 1.807) is 25.2 Å². The third-order valence-corrected chi connectivity index (χ3v) is 3.39. The topological polar surface area (TPSA) is 66.3 Å². The van der Waals surface area contributed by atoms with E-state index in [0.717, 1.165) is 39.0 Å². The maximum Gasteiger partial charge on any atom is 0.319 e. The van der Waals surface area contributed by atoms with Crippen LogP contribution in [0.3, 0.4) is 0 Å². The first-order valence-electron chi connectivity index (χ1n) is 6.70. The highest BCUT2D eigenvalue weighted by Crippen LogP contribution is 2.11. The minimum absolute atomic E-state index is 0.112. The van der Waals surface area contributed by atoms with Gasteiger partial charge in [0.1, 0.15) is 0 Å². The molecule has 1 fully saturated rings. The third-order valence-electron chi connectivity index (χ3n) is 3.39. The van der Waals surface area contributed by atoms with Gasteiger partial charge < -0.3 is 15.1 Å². The molecule has 1 aliphatic heterocycles. The SMILES string of the molecule is CN(C)C(=O)N1CCC(NCCn2ccnn2)CC1. The molecule has 2 amide bonds. The number of hydrogen-bond donors (Lipinski definition) is 1. The van der Waals surface area contributed by atoms with Gasteiger partial charge in [-0.25, -0.2) is 4.79 Å². The van der Waals surface area contributed by atoms with Gasteiger partial charge in [-0.15, -0.1) is 5.10 Å². The first-order chi connectivity index (χ1) is 9.16. The van der Waals surface area contributed by atoms with Crippen molar-refractivity contribution >= 4 is 6.03 Å². The van der Waals surface area contributed by atoms with Gasteiger partial charge in [0, 0.05) is 46.0 Å². The van der Waals surface area contributed by atoms with Crippen LogP contribution in [0.25, 0.3) is 0 Å². The Labute approximate surface area is 113 Å². The Morgan fingerprint density at radius 1 is 1.42 bits per heavy atom. The van der Waals surface area contributed by atoms with Gasteiger partial charge in [0.05, 0.1) is 12.7 Å². The van der Waals surface area contributed by atoms with Crippen molar-refractivity contribution in [3.8, 4) is 0 Å². The van der Waals surface area contributed by atoms with Crippen LogP contribution >= 0.6 is 0 Å². The molecule has 106 valence electrons. The summed E-state index contributed by atoms with van der Waals surface area (Å²) >= 11 is 0. The van der Waals surface area contributed by atoms with E-state index >= 15 is 0 Å². The van der Waals surface area contributed by atoms with Crippen molar-refractivity contribution in [1.29, 1.82) is 0 Å². The van der Waals surface area contributed by atoms with Crippen molar-refractivity contribution < 1.29 is 4.79 Å². The molecule has 0 atom stereocenters. The molecule has 0 unspecified atom stereocenters. The normalized spacial score (nSPS) is 16.6. The zero-order valence-corrected chi connectivity index (χ0v) is 11.6.